The van der Waals surface area contributed by atoms with Gasteiger partial charge < -0.3 is 10.0 Å². The first kappa shape index (κ1) is 15.7. The van der Waals surface area contributed by atoms with Gasteiger partial charge in [0, 0.05) is 6.54 Å². The van der Waals surface area contributed by atoms with Crippen LogP contribution in [0.1, 0.15) is 39.5 Å². The van der Waals surface area contributed by atoms with E-state index in [2.05, 4.69) is 18.7 Å². The lowest BCUT2D eigenvalue weighted by Crippen LogP contribution is -2.32. The highest BCUT2D eigenvalue weighted by atomic mass is 35.5. The minimum Gasteiger partial charge on any atom is -0.481 e. The van der Waals surface area contributed by atoms with Gasteiger partial charge in [0.15, 0.2) is 0 Å². The number of halogens is 1. The van der Waals surface area contributed by atoms with E-state index in [1.54, 1.807) is 0 Å². The molecule has 0 amide bonds. The molecule has 4 heteroatoms. The Labute approximate surface area is 105 Å². The van der Waals surface area contributed by atoms with Gasteiger partial charge in [0.25, 0.3) is 0 Å². The van der Waals surface area contributed by atoms with Crippen molar-refractivity contribution in [2.45, 2.75) is 39.5 Å². The van der Waals surface area contributed by atoms with E-state index in [9.17, 15) is 4.79 Å². The Kier molecular flexibility index (Phi) is 7.77. The zero-order valence-corrected chi connectivity index (χ0v) is 11.1. The second-order valence-corrected chi connectivity index (χ2v) is 4.54. The van der Waals surface area contributed by atoms with Crippen molar-refractivity contribution in [3.05, 3.63) is 0 Å². The van der Waals surface area contributed by atoms with Crippen molar-refractivity contribution >= 4 is 18.4 Å². The third-order valence-electron chi connectivity index (χ3n) is 3.61. The highest BCUT2D eigenvalue weighted by Gasteiger charge is 2.26. The third-order valence-corrected chi connectivity index (χ3v) is 3.61. The number of nitrogens with zero attached hydrogens (tertiary/aromatic N) is 1. The third kappa shape index (κ3) is 4.71. The summed E-state index contributed by atoms with van der Waals surface area (Å²) in [7, 11) is 0. The van der Waals surface area contributed by atoms with Gasteiger partial charge in [-0.25, -0.2) is 0 Å². The van der Waals surface area contributed by atoms with Crippen LogP contribution in [0.4, 0.5) is 0 Å². The lowest BCUT2D eigenvalue weighted by atomic mass is 9.82. The standard InChI is InChI=1S/C12H23NO2.ClH/c1-3-13(4-2)9-10-5-7-11(8-6-10)12(14)15;/h10-11H,3-9H2,1-2H3,(H,14,15);1H/t10-,11-;. The van der Waals surface area contributed by atoms with Crippen molar-refractivity contribution in [1.82, 2.24) is 4.90 Å². The van der Waals surface area contributed by atoms with Gasteiger partial charge in [-0.3, -0.25) is 4.79 Å². The van der Waals surface area contributed by atoms with E-state index in [-0.39, 0.29) is 18.3 Å². The molecule has 1 fully saturated rings. The summed E-state index contributed by atoms with van der Waals surface area (Å²) in [4.78, 5) is 13.2. The largest absolute Gasteiger partial charge is 0.481 e. The van der Waals surface area contributed by atoms with Gasteiger partial charge in [-0.2, -0.15) is 0 Å². The molecule has 96 valence electrons. The molecule has 0 heterocycles. The zero-order chi connectivity index (χ0) is 11.3. The minimum atomic E-state index is -0.601. The average Bonchev–Trinajstić information content (AvgIpc) is 2.26. The maximum atomic E-state index is 10.8. The molecule has 1 rings (SSSR count). The first-order valence-electron chi connectivity index (χ1n) is 6.12. The molecule has 0 bridgehead atoms. The average molecular weight is 250 g/mol. The van der Waals surface area contributed by atoms with Gasteiger partial charge >= 0.3 is 5.97 Å². The van der Waals surface area contributed by atoms with Gasteiger partial charge in [0.2, 0.25) is 0 Å². The lowest BCUT2D eigenvalue weighted by molar-refractivity contribution is -0.143. The number of rotatable bonds is 5. The van der Waals surface area contributed by atoms with Crippen LogP contribution in [0.5, 0.6) is 0 Å². The Morgan fingerprint density at radius 2 is 1.69 bits per heavy atom. The Morgan fingerprint density at radius 3 is 2.06 bits per heavy atom. The monoisotopic (exact) mass is 249 g/mol. The molecule has 1 saturated carbocycles. The van der Waals surface area contributed by atoms with Crippen LogP contribution in [0.2, 0.25) is 0 Å². The number of carboxylic acids is 1. The normalized spacial score (nSPS) is 25.2. The molecule has 0 aliphatic heterocycles. The molecule has 0 saturated heterocycles. The Hall–Kier alpha value is -0.280. The minimum absolute atomic E-state index is 0. The fourth-order valence-electron chi connectivity index (χ4n) is 2.44. The summed E-state index contributed by atoms with van der Waals surface area (Å²) in [5.74, 6) is 0.0507. The van der Waals surface area contributed by atoms with Crippen molar-refractivity contribution in [3.63, 3.8) is 0 Å². The zero-order valence-electron chi connectivity index (χ0n) is 10.3. The van der Waals surface area contributed by atoms with E-state index < -0.39 is 5.97 Å². The molecule has 0 atom stereocenters. The molecule has 0 aromatic rings. The quantitative estimate of drug-likeness (QED) is 0.814. The lowest BCUT2D eigenvalue weighted by Gasteiger charge is -2.30. The van der Waals surface area contributed by atoms with E-state index in [0.29, 0.717) is 0 Å². The molecule has 0 aromatic carbocycles. The van der Waals surface area contributed by atoms with Crippen LogP contribution in [0.15, 0.2) is 0 Å². The highest BCUT2D eigenvalue weighted by Crippen LogP contribution is 2.29. The summed E-state index contributed by atoms with van der Waals surface area (Å²) in [5, 5.41) is 8.89. The van der Waals surface area contributed by atoms with Crippen molar-refractivity contribution in [2.24, 2.45) is 11.8 Å². The molecular weight excluding hydrogens is 226 g/mol. The van der Waals surface area contributed by atoms with E-state index in [1.807, 2.05) is 0 Å². The summed E-state index contributed by atoms with van der Waals surface area (Å²) in [5.41, 5.74) is 0. The Bertz CT molecular complexity index is 199. The number of hydrogen-bond acceptors (Lipinski definition) is 2. The molecule has 1 N–H and O–H groups in total. The molecular formula is C12H24ClNO2. The molecule has 1 aliphatic carbocycles. The summed E-state index contributed by atoms with van der Waals surface area (Å²) in [6.45, 7) is 7.74. The van der Waals surface area contributed by atoms with Crippen LogP contribution < -0.4 is 0 Å². The van der Waals surface area contributed by atoms with Crippen molar-refractivity contribution < 1.29 is 9.90 Å². The molecule has 0 aromatic heterocycles. The van der Waals surface area contributed by atoms with Gasteiger partial charge in [-0.1, -0.05) is 13.8 Å². The van der Waals surface area contributed by atoms with E-state index >= 15 is 0 Å². The SMILES string of the molecule is CCN(CC)C[C@H]1CC[C@H](C(=O)O)CC1.Cl. The summed E-state index contributed by atoms with van der Waals surface area (Å²) in [6.07, 6.45) is 3.93. The number of carbonyl (C=O) groups is 1. The number of aliphatic carboxylic acids is 1. The molecule has 0 spiro atoms. The van der Waals surface area contributed by atoms with E-state index in [0.717, 1.165) is 51.2 Å². The summed E-state index contributed by atoms with van der Waals surface area (Å²) >= 11 is 0. The Balaban J connectivity index is 0.00000225. The first-order chi connectivity index (χ1) is 7.17. The van der Waals surface area contributed by atoms with Crippen LogP contribution in [-0.2, 0) is 4.79 Å². The second-order valence-electron chi connectivity index (χ2n) is 4.54. The van der Waals surface area contributed by atoms with Crippen LogP contribution in [0.3, 0.4) is 0 Å². The van der Waals surface area contributed by atoms with Gasteiger partial charge in [-0.15, -0.1) is 12.4 Å². The van der Waals surface area contributed by atoms with Gasteiger partial charge in [-0.05, 0) is 44.7 Å². The molecule has 0 radical (unpaired) electrons. The molecule has 0 unspecified atom stereocenters. The fourth-order valence-corrected chi connectivity index (χ4v) is 2.44. The summed E-state index contributed by atoms with van der Waals surface area (Å²) < 4.78 is 0. The molecule has 16 heavy (non-hydrogen) atoms. The maximum Gasteiger partial charge on any atom is 0.306 e. The van der Waals surface area contributed by atoms with Crippen LogP contribution >= 0.6 is 12.4 Å². The van der Waals surface area contributed by atoms with Crippen LogP contribution in [0.25, 0.3) is 0 Å². The van der Waals surface area contributed by atoms with Gasteiger partial charge in [0.05, 0.1) is 5.92 Å². The van der Waals surface area contributed by atoms with Crippen LogP contribution in [0, 0.1) is 11.8 Å². The smallest absolute Gasteiger partial charge is 0.306 e. The topological polar surface area (TPSA) is 40.5 Å². The maximum absolute atomic E-state index is 10.8. The first-order valence-corrected chi connectivity index (χ1v) is 6.12. The van der Waals surface area contributed by atoms with Crippen molar-refractivity contribution in [3.8, 4) is 0 Å². The molecule has 3 nitrogen and oxygen atoms in total. The molecule has 1 aliphatic rings. The summed E-state index contributed by atoms with van der Waals surface area (Å²) in [6, 6.07) is 0. The van der Waals surface area contributed by atoms with Gasteiger partial charge in [0.1, 0.15) is 0 Å². The van der Waals surface area contributed by atoms with E-state index in [4.69, 9.17) is 5.11 Å². The van der Waals surface area contributed by atoms with Crippen molar-refractivity contribution in [2.75, 3.05) is 19.6 Å². The fraction of sp³-hybridized carbons (Fsp3) is 0.917. The van der Waals surface area contributed by atoms with Crippen LogP contribution in [-0.4, -0.2) is 35.6 Å². The van der Waals surface area contributed by atoms with Crippen molar-refractivity contribution in [1.29, 1.82) is 0 Å². The Morgan fingerprint density at radius 1 is 1.19 bits per heavy atom. The van der Waals surface area contributed by atoms with E-state index in [1.165, 1.54) is 0 Å². The number of hydrogen-bond donors (Lipinski definition) is 1. The predicted molar refractivity (Wildman–Crippen MR) is 68.1 cm³/mol. The number of carboxylic acid groups (broad SMARTS) is 1. The predicted octanol–water partition coefficient (Wildman–Crippen LogP) is 2.64. The second kappa shape index (κ2) is 7.91. The highest BCUT2D eigenvalue weighted by molar-refractivity contribution is 5.85.